The molecule has 1 aromatic rings. The number of nitro benzene ring substituents is 1. The number of non-ortho nitro benzene ring substituents is 1. The summed E-state index contributed by atoms with van der Waals surface area (Å²) in [6, 6.07) is 5.31. The third kappa shape index (κ3) is 8.07. The number of esters is 1. The maximum atomic E-state index is 12.4. The summed E-state index contributed by atoms with van der Waals surface area (Å²) in [6.07, 6.45) is 8.45. The van der Waals surface area contributed by atoms with Crippen molar-refractivity contribution in [3.63, 3.8) is 0 Å². The van der Waals surface area contributed by atoms with Crippen molar-refractivity contribution in [1.82, 2.24) is 0 Å². The smallest absolute Gasteiger partial charge is 0.338 e. The summed E-state index contributed by atoms with van der Waals surface area (Å²) >= 11 is 2.28. The molecular formula is C26H34INO5. The van der Waals surface area contributed by atoms with Crippen LogP contribution in [-0.4, -0.2) is 28.7 Å². The van der Waals surface area contributed by atoms with E-state index in [2.05, 4.69) is 66.5 Å². The number of aliphatic hydroxyl groups excluding tert-OH is 1. The van der Waals surface area contributed by atoms with Gasteiger partial charge in [0.2, 0.25) is 0 Å². The van der Waals surface area contributed by atoms with Crippen molar-refractivity contribution in [1.29, 1.82) is 0 Å². The molecule has 1 aliphatic rings. The van der Waals surface area contributed by atoms with Gasteiger partial charge in [0.05, 0.1) is 16.6 Å². The summed E-state index contributed by atoms with van der Waals surface area (Å²) in [6.45, 7) is 8.69. The topological polar surface area (TPSA) is 89.7 Å². The SMILES string of the molecule is C/C(=C\I)CC/C=C(\C)CC[C@@]1(C)C=C(COC(=O)c2ccc([N+](=O)[O-])cc2)[C@H](O)C[C@H]1C. The lowest BCUT2D eigenvalue weighted by atomic mass is 9.67. The Hall–Kier alpha value is -2.00. The zero-order chi connectivity index (χ0) is 24.6. The zero-order valence-electron chi connectivity index (χ0n) is 19.8. The maximum absolute atomic E-state index is 12.4. The van der Waals surface area contributed by atoms with E-state index >= 15 is 0 Å². The maximum Gasteiger partial charge on any atom is 0.338 e. The van der Waals surface area contributed by atoms with Gasteiger partial charge < -0.3 is 9.84 Å². The van der Waals surface area contributed by atoms with E-state index in [1.807, 2.05) is 0 Å². The lowest BCUT2D eigenvalue weighted by Gasteiger charge is -2.40. The first-order valence-corrected chi connectivity index (χ1v) is 12.5. The van der Waals surface area contributed by atoms with Gasteiger partial charge in [-0.05, 0) is 79.1 Å². The van der Waals surface area contributed by atoms with Crippen LogP contribution in [0.15, 0.2) is 57.2 Å². The molecule has 6 nitrogen and oxygen atoms in total. The van der Waals surface area contributed by atoms with Crippen molar-refractivity contribution in [2.75, 3.05) is 6.61 Å². The average Bonchev–Trinajstić information content (AvgIpc) is 2.79. The van der Waals surface area contributed by atoms with Gasteiger partial charge >= 0.3 is 5.97 Å². The molecule has 7 heteroatoms. The van der Waals surface area contributed by atoms with Gasteiger partial charge in [0.15, 0.2) is 0 Å². The second kappa shape index (κ2) is 12.5. The van der Waals surface area contributed by atoms with Gasteiger partial charge in [-0.25, -0.2) is 4.79 Å². The Morgan fingerprint density at radius 1 is 1.27 bits per heavy atom. The quantitative estimate of drug-likeness (QED) is 0.109. The van der Waals surface area contributed by atoms with Crippen LogP contribution in [0.2, 0.25) is 0 Å². The molecular weight excluding hydrogens is 533 g/mol. The van der Waals surface area contributed by atoms with Gasteiger partial charge in [0.25, 0.3) is 5.69 Å². The van der Waals surface area contributed by atoms with E-state index in [4.69, 9.17) is 4.74 Å². The molecule has 0 spiro atoms. The van der Waals surface area contributed by atoms with Crippen molar-refractivity contribution in [2.45, 2.75) is 65.9 Å². The summed E-state index contributed by atoms with van der Waals surface area (Å²) < 4.78 is 7.55. The third-order valence-corrected chi connectivity index (χ3v) is 7.67. The highest BCUT2D eigenvalue weighted by Gasteiger charge is 2.36. The number of ether oxygens (including phenoxy) is 1. The summed E-state index contributed by atoms with van der Waals surface area (Å²) in [7, 11) is 0. The highest BCUT2D eigenvalue weighted by atomic mass is 127. The molecule has 0 heterocycles. The predicted octanol–water partition coefficient (Wildman–Crippen LogP) is 6.93. The number of nitrogens with zero attached hydrogens (tertiary/aromatic N) is 1. The van der Waals surface area contributed by atoms with Crippen molar-refractivity contribution < 1.29 is 19.6 Å². The molecule has 0 aromatic heterocycles. The van der Waals surface area contributed by atoms with Gasteiger partial charge in [0, 0.05) is 12.1 Å². The first-order valence-electron chi connectivity index (χ1n) is 11.3. The van der Waals surface area contributed by atoms with Crippen molar-refractivity contribution in [3.05, 3.63) is 72.9 Å². The van der Waals surface area contributed by atoms with Crippen LogP contribution >= 0.6 is 22.6 Å². The van der Waals surface area contributed by atoms with Crippen molar-refractivity contribution in [2.24, 2.45) is 11.3 Å². The van der Waals surface area contributed by atoms with E-state index in [0.29, 0.717) is 12.3 Å². The summed E-state index contributed by atoms with van der Waals surface area (Å²) in [4.78, 5) is 22.6. The highest BCUT2D eigenvalue weighted by Crippen LogP contribution is 2.43. The van der Waals surface area contributed by atoms with E-state index < -0.39 is 17.0 Å². The van der Waals surface area contributed by atoms with E-state index in [1.165, 1.54) is 35.4 Å². The Kier molecular flexibility index (Phi) is 10.3. The summed E-state index contributed by atoms with van der Waals surface area (Å²) in [5, 5.41) is 21.3. The predicted molar refractivity (Wildman–Crippen MR) is 139 cm³/mol. The van der Waals surface area contributed by atoms with Crippen molar-refractivity contribution >= 4 is 34.2 Å². The molecule has 0 unspecified atom stereocenters. The third-order valence-electron chi connectivity index (χ3n) is 6.61. The minimum Gasteiger partial charge on any atom is -0.457 e. The molecule has 0 amide bonds. The number of nitro groups is 1. The molecule has 0 bridgehead atoms. The monoisotopic (exact) mass is 567 g/mol. The first kappa shape index (κ1) is 27.2. The van der Waals surface area contributed by atoms with Gasteiger partial charge in [-0.1, -0.05) is 59.7 Å². The van der Waals surface area contributed by atoms with E-state index in [0.717, 1.165) is 31.3 Å². The minimum atomic E-state index is -0.641. The molecule has 1 aromatic carbocycles. The minimum absolute atomic E-state index is 0.00995. The molecule has 1 aliphatic carbocycles. The molecule has 33 heavy (non-hydrogen) atoms. The molecule has 0 fully saturated rings. The number of carbonyl (C=O) groups excluding carboxylic acids is 1. The van der Waals surface area contributed by atoms with Crippen LogP contribution in [0.4, 0.5) is 5.69 Å². The average molecular weight is 567 g/mol. The molecule has 1 N–H and O–H groups in total. The Balaban J connectivity index is 2.00. The fourth-order valence-corrected chi connectivity index (χ4v) is 4.31. The Morgan fingerprint density at radius 2 is 1.94 bits per heavy atom. The molecule has 0 saturated heterocycles. The number of aliphatic hydroxyl groups is 1. The number of rotatable bonds is 10. The zero-order valence-corrected chi connectivity index (χ0v) is 22.0. The normalized spacial score (nSPS) is 23.8. The number of hydrogen-bond acceptors (Lipinski definition) is 5. The van der Waals surface area contributed by atoms with E-state index in [-0.39, 0.29) is 23.3 Å². The van der Waals surface area contributed by atoms with E-state index in [9.17, 15) is 20.0 Å². The Bertz CT molecular complexity index is 935. The van der Waals surface area contributed by atoms with Crippen LogP contribution in [0.5, 0.6) is 0 Å². The molecule has 0 saturated carbocycles. The van der Waals surface area contributed by atoms with Gasteiger partial charge in [-0.2, -0.15) is 0 Å². The summed E-state index contributed by atoms with van der Waals surface area (Å²) in [5.41, 5.74) is 3.54. The van der Waals surface area contributed by atoms with Crippen LogP contribution in [-0.2, 0) is 4.74 Å². The van der Waals surface area contributed by atoms with Gasteiger partial charge in [0.1, 0.15) is 6.61 Å². The van der Waals surface area contributed by atoms with Crippen LogP contribution in [0, 0.1) is 21.4 Å². The van der Waals surface area contributed by atoms with E-state index in [1.54, 1.807) is 0 Å². The number of carbonyl (C=O) groups is 1. The number of benzene rings is 1. The van der Waals surface area contributed by atoms with Crippen LogP contribution in [0.25, 0.3) is 0 Å². The second-order valence-corrected chi connectivity index (χ2v) is 9.93. The lowest BCUT2D eigenvalue weighted by Crippen LogP contribution is -2.35. The fraction of sp³-hybridized carbons (Fsp3) is 0.500. The Morgan fingerprint density at radius 3 is 2.55 bits per heavy atom. The van der Waals surface area contributed by atoms with Gasteiger partial charge in [-0.15, -0.1) is 0 Å². The molecule has 0 radical (unpaired) electrons. The molecule has 2 rings (SSSR count). The molecule has 3 atom stereocenters. The van der Waals surface area contributed by atoms with Crippen LogP contribution < -0.4 is 0 Å². The highest BCUT2D eigenvalue weighted by molar-refractivity contribution is 14.1. The molecule has 0 aliphatic heterocycles. The standard InChI is InChI=1S/C26H34INO5/c1-18(6-5-7-19(2)16-27)12-13-26(4)15-22(24(29)14-20(26)3)17-33-25(30)21-8-10-23(11-9-21)28(31)32/h6,8-11,15-16,20,24,29H,5,7,12-14,17H2,1-4H3/b18-6+,19-16+/t20-,24-,26+/m1/s1. The number of hydrogen-bond donors (Lipinski definition) is 1. The largest absolute Gasteiger partial charge is 0.457 e. The first-order chi connectivity index (χ1) is 15.6. The Labute approximate surface area is 210 Å². The fourth-order valence-electron chi connectivity index (χ4n) is 3.99. The summed E-state index contributed by atoms with van der Waals surface area (Å²) in [5.74, 6) is -0.258. The van der Waals surface area contributed by atoms with Gasteiger partial charge in [-0.3, -0.25) is 10.1 Å². The number of halogens is 1. The second-order valence-electron chi connectivity index (χ2n) is 9.30. The molecule has 180 valence electrons. The van der Waals surface area contributed by atoms with Crippen molar-refractivity contribution in [3.8, 4) is 0 Å². The van der Waals surface area contributed by atoms with Crippen LogP contribution in [0.1, 0.15) is 70.2 Å². The van der Waals surface area contributed by atoms with Crippen LogP contribution in [0.3, 0.4) is 0 Å². The number of allylic oxidation sites excluding steroid dienone is 4. The lowest BCUT2D eigenvalue weighted by molar-refractivity contribution is -0.384.